The summed E-state index contributed by atoms with van der Waals surface area (Å²) in [7, 11) is 0. The predicted octanol–water partition coefficient (Wildman–Crippen LogP) is 3.83. The Hall–Kier alpha value is -0.530. The van der Waals surface area contributed by atoms with Gasteiger partial charge in [-0.25, -0.2) is 0 Å². The Balaban J connectivity index is 2.32. The average Bonchev–Trinajstić information content (AvgIpc) is 2.57. The monoisotopic (exact) mass is 228 g/mol. The summed E-state index contributed by atoms with van der Waals surface area (Å²) in [6.07, 6.45) is 2.63. The first kappa shape index (κ1) is 10.0. The molecule has 0 amide bonds. The van der Waals surface area contributed by atoms with E-state index in [4.69, 9.17) is 23.2 Å². The molecule has 0 aliphatic heterocycles. The van der Waals surface area contributed by atoms with Crippen molar-refractivity contribution >= 4 is 29.0 Å². The minimum absolute atomic E-state index is 0.0461. The third kappa shape index (κ3) is 1.79. The molecule has 2 rings (SSSR count). The van der Waals surface area contributed by atoms with Crippen LogP contribution in [0.1, 0.15) is 30.7 Å². The molecule has 0 unspecified atom stereocenters. The van der Waals surface area contributed by atoms with Gasteiger partial charge in [0.15, 0.2) is 0 Å². The summed E-state index contributed by atoms with van der Waals surface area (Å²) in [5.41, 5.74) is 1.00. The lowest BCUT2D eigenvalue weighted by Crippen LogP contribution is -2.03. The van der Waals surface area contributed by atoms with Crippen molar-refractivity contribution in [3.8, 4) is 0 Å². The number of ketones is 1. The maximum absolute atomic E-state index is 11.5. The molecule has 1 aliphatic rings. The summed E-state index contributed by atoms with van der Waals surface area (Å²) in [4.78, 5) is 11.5. The number of hydrogen-bond acceptors (Lipinski definition) is 1. The van der Waals surface area contributed by atoms with Gasteiger partial charge in [-0.1, -0.05) is 29.3 Å². The van der Waals surface area contributed by atoms with E-state index in [-0.39, 0.29) is 5.92 Å². The Kier molecular flexibility index (Phi) is 2.80. The first-order valence-electron chi connectivity index (χ1n) is 4.66. The van der Waals surface area contributed by atoms with E-state index in [1.807, 2.05) is 6.07 Å². The van der Waals surface area contributed by atoms with Crippen LogP contribution in [0, 0.1) is 0 Å². The van der Waals surface area contributed by atoms with Gasteiger partial charge in [-0.2, -0.15) is 0 Å². The number of halogens is 2. The summed E-state index contributed by atoms with van der Waals surface area (Å²) < 4.78 is 0. The third-order valence-electron chi connectivity index (χ3n) is 2.65. The Bertz CT molecular complexity index is 374. The van der Waals surface area contributed by atoms with Crippen molar-refractivity contribution in [2.75, 3.05) is 0 Å². The van der Waals surface area contributed by atoms with Gasteiger partial charge < -0.3 is 0 Å². The highest BCUT2D eigenvalue weighted by Gasteiger charge is 2.26. The van der Waals surface area contributed by atoms with Gasteiger partial charge in [0.1, 0.15) is 5.78 Å². The summed E-state index contributed by atoms with van der Waals surface area (Å²) in [6.45, 7) is 0. The lowest BCUT2D eigenvalue weighted by atomic mass is 9.97. The van der Waals surface area contributed by atoms with Gasteiger partial charge >= 0.3 is 0 Å². The molecule has 0 aromatic heterocycles. The molecule has 0 saturated heterocycles. The topological polar surface area (TPSA) is 17.1 Å². The number of Topliss-reactive ketones (excluding diaryl/α,β-unsaturated/α-hetero) is 1. The number of carbonyl (C=O) groups excluding carboxylic acids is 1. The fraction of sp³-hybridized carbons (Fsp3) is 0.364. The van der Waals surface area contributed by atoms with Gasteiger partial charge in [-0.3, -0.25) is 4.79 Å². The van der Waals surface area contributed by atoms with E-state index in [0.717, 1.165) is 18.4 Å². The van der Waals surface area contributed by atoms with Crippen LogP contribution in [-0.2, 0) is 4.79 Å². The number of rotatable bonds is 1. The molecule has 74 valence electrons. The van der Waals surface area contributed by atoms with Crippen LogP contribution < -0.4 is 0 Å². The van der Waals surface area contributed by atoms with Gasteiger partial charge in [0.05, 0.1) is 10.0 Å². The van der Waals surface area contributed by atoms with Crippen molar-refractivity contribution in [3.05, 3.63) is 33.8 Å². The van der Waals surface area contributed by atoms with Crippen LogP contribution in [-0.4, -0.2) is 5.78 Å². The Morgan fingerprint density at radius 2 is 2.00 bits per heavy atom. The summed E-state index contributed by atoms with van der Waals surface area (Å²) >= 11 is 11.7. The zero-order chi connectivity index (χ0) is 10.1. The first-order valence-corrected chi connectivity index (χ1v) is 5.42. The lowest BCUT2D eigenvalue weighted by Gasteiger charge is -2.08. The van der Waals surface area contributed by atoms with Crippen LogP contribution in [0.25, 0.3) is 0 Å². The first-order chi connectivity index (χ1) is 6.68. The second kappa shape index (κ2) is 3.92. The van der Waals surface area contributed by atoms with E-state index in [1.54, 1.807) is 12.1 Å². The van der Waals surface area contributed by atoms with Crippen molar-refractivity contribution < 1.29 is 4.79 Å². The average molecular weight is 229 g/mol. The fourth-order valence-corrected chi connectivity index (χ4v) is 2.20. The van der Waals surface area contributed by atoms with E-state index in [2.05, 4.69) is 0 Å². The van der Waals surface area contributed by atoms with Gasteiger partial charge in [0.2, 0.25) is 0 Å². The molecule has 1 atom stereocenters. The maximum atomic E-state index is 11.5. The van der Waals surface area contributed by atoms with Crippen molar-refractivity contribution in [2.45, 2.75) is 25.2 Å². The van der Waals surface area contributed by atoms with Crippen molar-refractivity contribution in [1.29, 1.82) is 0 Å². The zero-order valence-corrected chi connectivity index (χ0v) is 9.11. The second-order valence-corrected chi connectivity index (χ2v) is 4.40. The van der Waals surface area contributed by atoms with E-state index >= 15 is 0 Å². The number of benzene rings is 1. The summed E-state index contributed by atoms with van der Waals surface area (Å²) in [6, 6.07) is 5.45. The van der Waals surface area contributed by atoms with Crippen LogP contribution in [0.3, 0.4) is 0 Å². The maximum Gasteiger partial charge on any atom is 0.140 e. The highest BCUT2D eigenvalue weighted by Crippen LogP contribution is 2.34. The molecule has 1 aliphatic carbocycles. The molecule has 0 bridgehead atoms. The van der Waals surface area contributed by atoms with Crippen LogP contribution >= 0.6 is 23.2 Å². The minimum Gasteiger partial charge on any atom is -0.299 e. The van der Waals surface area contributed by atoms with Crippen molar-refractivity contribution in [2.24, 2.45) is 0 Å². The lowest BCUT2D eigenvalue weighted by molar-refractivity contribution is -0.118. The van der Waals surface area contributed by atoms with Crippen molar-refractivity contribution in [1.82, 2.24) is 0 Å². The van der Waals surface area contributed by atoms with Gasteiger partial charge in [0.25, 0.3) is 0 Å². The van der Waals surface area contributed by atoms with Gasteiger partial charge in [-0.15, -0.1) is 0 Å². The van der Waals surface area contributed by atoms with Gasteiger partial charge in [0, 0.05) is 12.3 Å². The van der Waals surface area contributed by atoms with Crippen molar-refractivity contribution in [3.63, 3.8) is 0 Å². The van der Waals surface area contributed by atoms with E-state index in [1.165, 1.54) is 0 Å². The van der Waals surface area contributed by atoms with E-state index < -0.39 is 0 Å². The normalized spacial score (nSPS) is 21.6. The van der Waals surface area contributed by atoms with E-state index in [9.17, 15) is 4.79 Å². The van der Waals surface area contributed by atoms with Crippen LogP contribution in [0.5, 0.6) is 0 Å². The SMILES string of the molecule is O=C1CCC[C@H]1c1ccc(Cl)c(Cl)c1. The second-order valence-electron chi connectivity index (χ2n) is 3.58. The molecule has 1 fully saturated rings. The molecule has 1 aromatic carbocycles. The molecule has 0 heterocycles. The van der Waals surface area contributed by atoms with E-state index in [0.29, 0.717) is 22.2 Å². The summed E-state index contributed by atoms with van der Waals surface area (Å²) in [5, 5.41) is 1.07. The summed E-state index contributed by atoms with van der Waals surface area (Å²) in [5.74, 6) is 0.369. The predicted molar refractivity (Wildman–Crippen MR) is 58.1 cm³/mol. The molecule has 1 nitrogen and oxygen atoms in total. The van der Waals surface area contributed by atoms with Crippen LogP contribution in [0.4, 0.5) is 0 Å². The Labute approximate surface area is 93.0 Å². The molecule has 1 saturated carbocycles. The minimum atomic E-state index is 0.0461. The highest BCUT2D eigenvalue weighted by atomic mass is 35.5. The smallest absolute Gasteiger partial charge is 0.140 e. The molecule has 0 radical (unpaired) electrons. The van der Waals surface area contributed by atoms with Crippen LogP contribution in [0.15, 0.2) is 18.2 Å². The molecule has 0 spiro atoms. The number of hydrogen-bond donors (Lipinski definition) is 0. The van der Waals surface area contributed by atoms with Crippen LogP contribution in [0.2, 0.25) is 10.0 Å². The molecular weight excluding hydrogens is 219 g/mol. The Morgan fingerprint density at radius 3 is 2.57 bits per heavy atom. The molecular formula is C11H10Cl2O. The fourth-order valence-electron chi connectivity index (χ4n) is 1.90. The highest BCUT2D eigenvalue weighted by molar-refractivity contribution is 6.42. The number of carbonyl (C=O) groups is 1. The molecule has 3 heteroatoms. The largest absolute Gasteiger partial charge is 0.299 e. The van der Waals surface area contributed by atoms with Gasteiger partial charge in [-0.05, 0) is 30.5 Å². The molecule has 1 aromatic rings. The third-order valence-corrected chi connectivity index (χ3v) is 3.39. The Morgan fingerprint density at radius 1 is 1.21 bits per heavy atom. The zero-order valence-electron chi connectivity index (χ0n) is 7.59. The quantitative estimate of drug-likeness (QED) is 0.715. The molecule has 14 heavy (non-hydrogen) atoms. The molecule has 0 N–H and O–H groups in total. The standard InChI is InChI=1S/C11H10Cl2O/c12-9-5-4-7(6-10(9)13)8-2-1-3-11(8)14/h4-6,8H,1-3H2/t8-/m0/s1.